The van der Waals surface area contributed by atoms with E-state index in [0.29, 0.717) is 5.92 Å². The summed E-state index contributed by atoms with van der Waals surface area (Å²) in [5, 5.41) is 0. The molecule has 1 atom stereocenters. The van der Waals surface area contributed by atoms with Crippen LogP contribution in [0.3, 0.4) is 0 Å². The van der Waals surface area contributed by atoms with Crippen molar-refractivity contribution in [2.75, 3.05) is 0 Å². The van der Waals surface area contributed by atoms with Crippen LogP contribution in [0.2, 0.25) is 0 Å². The van der Waals surface area contributed by atoms with Crippen LogP contribution in [0.5, 0.6) is 0 Å². The first-order valence-corrected chi connectivity index (χ1v) is 16.0. The number of fused-ring (bicyclic) bond motifs is 3. The van der Waals surface area contributed by atoms with Gasteiger partial charge in [0.2, 0.25) is 0 Å². The summed E-state index contributed by atoms with van der Waals surface area (Å²) < 4.78 is 7.58. The van der Waals surface area contributed by atoms with E-state index in [0.717, 1.165) is 10.5 Å². The fourth-order valence-corrected chi connectivity index (χ4v) is 9.86. The summed E-state index contributed by atoms with van der Waals surface area (Å²) in [4.78, 5) is 0. The molecule has 0 N–H and O–H groups in total. The fourth-order valence-electron chi connectivity index (χ4n) is 5.16. The molecule has 168 valence electrons. The molecule has 0 spiro atoms. The van der Waals surface area contributed by atoms with E-state index in [-0.39, 0.29) is 30.2 Å². The van der Waals surface area contributed by atoms with Gasteiger partial charge in [0.05, 0.1) is 0 Å². The number of hydrogen-bond acceptors (Lipinski definition) is 0. The molecular weight excluding hydrogens is 522 g/mol. The number of rotatable bonds is 4. The first-order valence-electron chi connectivity index (χ1n) is 11.3. The van der Waals surface area contributed by atoms with Gasteiger partial charge in [-0.25, -0.2) is 0 Å². The average molecular weight is 553 g/mol. The van der Waals surface area contributed by atoms with Gasteiger partial charge in [0.1, 0.15) is 0 Å². The van der Waals surface area contributed by atoms with Crippen molar-refractivity contribution in [1.82, 2.24) is 0 Å². The Morgan fingerprint density at radius 2 is 1.52 bits per heavy atom. The molecule has 0 heterocycles. The largest absolute Gasteiger partial charge is 1.00 e. The molecule has 0 aliphatic heterocycles. The van der Waals surface area contributed by atoms with Crippen LogP contribution in [-0.4, -0.2) is 4.21 Å². The third kappa shape index (κ3) is 4.97. The van der Waals surface area contributed by atoms with E-state index in [4.69, 9.17) is 4.21 Å². The van der Waals surface area contributed by atoms with Crippen LogP contribution in [0.4, 0.5) is 0 Å². The Bertz CT molecular complexity index is 1230. The van der Waals surface area contributed by atoms with Gasteiger partial charge in [0.25, 0.3) is 0 Å². The van der Waals surface area contributed by atoms with Crippen LogP contribution in [-0.2, 0) is 25.4 Å². The monoisotopic (exact) mass is 550 g/mol. The second kappa shape index (κ2) is 10.4. The van der Waals surface area contributed by atoms with Crippen molar-refractivity contribution in [2.45, 2.75) is 37.2 Å². The minimum Gasteiger partial charge on any atom is -1.00 e. The zero-order valence-electron chi connectivity index (χ0n) is 19.5. The molecule has 3 heteroatoms. The second-order valence-electron chi connectivity index (χ2n) is 9.89. The Balaban J connectivity index is 0.00000153. The van der Waals surface area contributed by atoms with Crippen LogP contribution in [0.15, 0.2) is 96.1 Å². The van der Waals surface area contributed by atoms with E-state index in [1.807, 2.05) is 0 Å². The van der Waals surface area contributed by atoms with E-state index in [2.05, 4.69) is 106 Å². The van der Waals surface area contributed by atoms with Gasteiger partial charge in [-0.05, 0) is 0 Å². The summed E-state index contributed by atoms with van der Waals surface area (Å²) in [7, 11) is 0. The molecule has 1 unspecified atom stereocenters. The molecule has 0 radical (unpaired) electrons. The Kier molecular flexibility index (Phi) is 8.21. The van der Waals surface area contributed by atoms with Crippen molar-refractivity contribution in [3.8, 4) is 11.1 Å². The number of halogens is 2. The minimum absolute atomic E-state index is 0. The summed E-state index contributed by atoms with van der Waals surface area (Å²) >= 11 is -2.06. The van der Waals surface area contributed by atoms with E-state index < -0.39 is 21.3 Å². The van der Waals surface area contributed by atoms with E-state index in [1.165, 1.54) is 27.8 Å². The van der Waals surface area contributed by atoms with Gasteiger partial charge in [0.15, 0.2) is 0 Å². The summed E-state index contributed by atoms with van der Waals surface area (Å²) in [6.07, 6.45) is 6.01. The Morgan fingerprint density at radius 3 is 2.21 bits per heavy atom. The molecule has 0 fully saturated rings. The van der Waals surface area contributed by atoms with Gasteiger partial charge in [-0.15, -0.1) is 0 Å². The van der Waals surface area contributed by atoms with Crippen molar-refractivity contribution in [2.24, 2.45) is 5.41 Å². The molecule has 0 bridgehead atoms. The van der Waals surface area contributed by atoms with Crippen molar-refractivity contribution >= 4 is 7.48 Å². The smallest absolute Gasteiger partial charge is 1.00 e. The van der Waals surface area contributed by atoms with E-state index in [1.54, 1.807) is 14.4 Å². The van der Waals surface area contributed by atoms with Crippen LogP contribution in [0, 0.1) is 5.41 Å². The maximum absolute atomic E-state index is 4.82. The number of allylic oxidation sites excluding steroid dienone is 4. The molecule has 0 saturated heterocycles. The summed E-state index contributed by atoms with van der Waals surface area (Å²) in [5.41, 5.74) is 10.6. The number of hydrogen-bond donors (Lipinski definition) is 0. The predicted molar refractivity (Wildman–Crippen MR) is 131 cm³/mol. The molecule has 5 rings (SSSR count). The summed E-state index contributed by atoms with van der Waals surface area (Å²) in [5.74, 6) is 0.381. The van der Waals surface area contributed by atoms with E-state index >= 15 is 0 Å². The molecule has 2 aliphatic carbocycles. The molecule has 3 aromatic rings. The SMILES string of the molecule is [CH2]=[Zr+2]([CH2]c1ccccc1)[c]1cccc2c1C(C1=CC(C(C)(C)C)=CC1)c1ccccc1-2.[Cl-].[Cl-]. The second-order valence-corrected chi connectivity index (χ2v) is 15.0. The Morgan fingerprint density at radius 1 is 0.848 bits per heavy atom. The Hall–Kier alpha value is -1.53. The summed E-state index contributed by atoms with van der Waals surface area (Å²) in [6, 6.07) is 27.0. The quantitative estimate of drug-likeness (QED) is 0.453. The topological polar surface area (TPSA) is 0 Å². The predicted octanol–water partition coefficient (Wildman–Crippen LogP) is 0.985. The van der Waals surface area contributed by atoms with Gasteiger partial charge in [-0.2, -0.15) is 0 Å². The average Bonchev–Trinajstić information content (AvgIpc) is 3.37. The van der Waals surface area contributed by atoms with Crippen molar-refractivity contribution < 1.29 is 46.1 Å². The normalized spacial score (nSPS) is 15.8. The van der Waals surface area contributed by atoms with Gasteiger partial charge >= 0.3 is 195 Å². The maximum atomic E-state index is 4.82. The molecular formula is C30H30Cl2Zr. The fraction of sp³-hybridized carbons (Fsp3) is 0.233. The van der Waals surface area contributed by atoms with Crippen molar-refractivity contribution in [3.05, 3.63) is 113 Å². The Labute approximate surface area is 218 Å². The zero-order valence-corrected chi connectivity index (χ0v) is 23.5. The van der Waals surface area contributed by atoms with Gasteiger partial charge < -0.3 is 24.8 Å². The van der Waals surface area contributed by atoms with Crippen LogP contribution in [0.25, 0.3) is 11.1 Å². The first-order chi connectivity index (χ1) is 14.9. The zero-order chi connectivity index (χ0) is 21.6. The minimum atomic E-state index is -2.06. The molecule has 0 aromatic heterocycles. The molecule has 3 aromatic carbocycles. The molecule has 0 nitrogen and oxygen atoms in total. The van der Waals surface area contributed by atoms with Gasteiger partial charge in [-0.3, -0.25) is 0 Å². The van der Waals surface area contributed by atoms with Crippen LogP contribution < -0.4 is 28.1 Å². The van der Waals surface area contributed by atoms with Crippen molar-refractivity contribution in [3.63, 3.8) is 0 Å². The molecule has 2 aliphatic rings. The molecule has 33 heavy (non-hydrogen) atoms. The van der Waals surface area contributed by atoms with Crippen LogP contribution >= 0.6 is 0 Å². The maximum Gasteiger partial charge on any atom is -1.00 e. The van der Waals surface area contributed by atoms with Gasteiger partial charge in [0, 0.05) is 0 Å². The van der Waals surface area contributed by atoms with Crippen LogP contribution in [0.1, 0.15) is 49.8 Å². The van der Waals surface area contributed by atoms with E-state index in [9.17, 15) is 0 Å². The standard InChI is InChI=1S/C22H21.C7H7.CH2.2ClH.Zr/c1-22(2,3)16-13-12-15(14-16)21-19-10-6-4-8-17(19)18-9-5-7-11-20(18)21;1-7-5-3-2-4-6-7;;;;/h4-10,13-14,21H,12H2,1-3H3;2-6H,1H2;1H2;2*1H;/q;;;;;+2/p-2. The number of benzene rings is 3. The molecule has 0 amide bonds. The van der Waals surface area contributed by atoms with Crippen molar-refractivity contribution in [1.29, 1.82) is 0 Å². The third-order valence-electron chi connectivity index (χ3n) is 6.73. The first kappa shape index (κ1) is 26.1. The molecule has 0 saturated carbocycles. The summed E-state index contributed by atoms with van der Waals surface area (Å²) in [6.45, 7) is 6.96. The third-order valence-corrected chi connectivity index (χ3v) is 11.7. The van der Waals surface area contributed by atoms with Gasteiger partial charge in [-0.1, -0.05) is 0 Å².